The van der Waals surface area contributed by atoms with E-state index in [2.05, 4.69) is 10.1 Å². The highest BCUT2D eigenvalue weighted by atomic mass is 35.5. The van der Waals surface area contributed by atoms with Crippen LogP contribution in [0.4, 0.5) is 13.2 Å². The lowest BCUT2D eigenvalue weighted by Crippen LogP contribution is -2.31. The summed E-state index contributed by atoms with van der Waals surface area (Å²) in [6.45, 7) is 1.58. The van der Waals surface area contributed by atoms with Gasteiger partial charge in [0.05, 0.1) is 0 Å². The number of ether oxygens (including phenoxy) is 1. The molecular weight excluding hydrogens is 231 g/mol. The molecule has 0 radical (unpaired) electrons. The Morgan fingerprint density at radius 2 is 2.07 bits per heavy atom. The molecule has 0 aromatic heterocycles. The van der Waals surface area contributed by atoms with E-state index in [9.17, 15) is 13.2 Å². The Labute approximate surface area is 93.1 Å². The van der Waals surface area contributed by atoms with Gasteiger partial charge in [0, 0.05) is 18.5 Å². The van der Waals surface area contributed by atoms with Crippen molar-refractivity contribution in [3.8, 4) is 0 Å². The molecule has 1 N–H and O–H groups in total. The van der Waals surface area contributed by atoms with E-state index in [4.69, 9.17) is 11.6 Å². The Bertz CT molecular complexity index is 151. The van der Waals surface area contributed by atoms with E-state index in [0.717, 1.165) is 6.42 Å². The van der Waals surface area contributed by atoms with Crippen LogP contribution in [0.15, 0.2) is 0 Å². The van der Waals surface area contributed by atoms with E-state index in [1.807, 2.05) is 6.92 Å². The second-order valence-electron chi connectivity index (χ2n) is 3.23. The monoisotopic (exact) mass is 247 g/mol. The fourth-order valence-electron chi connectivity index (χ4n) is 0.976. The molecule has 1 unspecified atom stereocenters. The van der Waals surface area contributed by atoms with Gasteiger partial charge in [-0.2, -0.15) is 13.2 Å². The Morgan fingerprint density at radius 3 is 2.53 bits per heavy atom. The van der Waals surface area contributed by atoms with Gasteiger partial charge < -0.3 is 10.1 Å². The Balaban J connectivity index is 3.25. The third kappa shape index (κ3) is 10.3. The van der Waals surface area contributed by atoms with Gasteiger partial charge in [0.25, 0.3) is 0 Å². The van der Waals surface area contributed by atoms with Crippen molar-refractivity contribution in [2.75, 3.05) is 25.6 Å². The van der Waals surface area contributed by atoms with Crippen LogP contribution >= 0.6 is 11.6 Å². The predicted molar refractivity (Wildman–Crippen MR) is 54.3 cm³/mol. The quantitative estimate of drug-likeness (QED) is 0.526. The largest absolute Gasteiger partial charge is 0.411 e. The molecule has 0 heterocycles. The summed E-state index contributed by atoms with van der Waals surface area (Å²) in [5.74, 6) is 0.514. The first-order valence-corrected chi connectivity index (χ1v) is 5.47. The lowest BCUT2D eigenvalue weighted by atomic mass is 10.2. The molecule has 0 aromatic rings. The van der Waals surface area contributed by atoms with Gasteiger partial charge in [-0.15, -0.1) is 11.6 Å². The molecule has 0 rings (SSSR count). The van der Waals surface area contributed by atoms with Crippen LogP contribution in [0.2, 0.25) is 0 Å². The molecule has 0 saturated heterocycles. The van der Waals surface area contributed by atoms with E-state index >= 15 is 0 Å². The molecule has 0 aromatic carbocycles. The third-order valence-electron chi connectivity index (χ3n) is 1.84. The summed E-state index contributed by atoms with van der Waals surface area (Å²) < 4.78 is 39.4. The summed E-state index contributed by atoms with van der Waals surface area (Å²) >= 11 is 5.63. The number of rotatable bonds is 8. The molecule has 0 amide bonds. The van der Waals surface area contributed by atoms with Crippen molar-refractivity contribution in [1.82, 2.24) is 5.32 Å². The molecule has 0 aliphatic carbocycles. The lowest BCUT2D eigenvalue weighted by molar-refractivity contribution is -0.173. The number of hydrogen-bond donors (Lipinski definition) is 1. The first-order chi connectivity index (χ1) is 6.99. The van der Waals surface area contributed by atoms with E-state index in [-0.39, 0.29) is 12.6 Å². The molecule has 0 bridgehead atoms. The minimum absolute atomic E-state index is 0.116. The van der Waals surface area contributed by atoms with Crippen LogP contribution in [-0.2, 0) is 4.74 Å². The molecule has 15 heavy (non-hydrogen) atoms. The van der Waals surface area contributed by atoms with Crippen molar-refractivity contribution in [2.24, 2.45) is 0 Å². The summed E-state index contributed by atoms with van der Waals surface area (Å²) in [5, 5.41) is 3.12. The smallest absolute Gasteiger partial charge is 0.372 e. The first-order valence-electron chi connectivity index (χ1n) is 4.93. The summed E-state index contributed by atoms with van der Waals surface area (Å²) in [5.41, 5.74) is 0. The molecule has 0 spiro atoms. The van der Waals surface area contributed by atoms with Crippen LogP contribution in [0.3, 0.4) is 0 Å². The number of alkyl halides is 4. The lowest BCUT2D eigenvalue weighted by Gasteiger charge is -2.13. The van der Waals surface area contributed by atoms with Crippen molar-refractivity contribution < 1.29 is 17.9 Å². The maximum absolute atomic E-state index is 11.6. The zero-order valence-corrected chi connectivity index (χ0v) is 9.50. The third-order valence-corrected chi connectivity index (χ3v) is 2.22. The molecule has 0 saturated carbocycles. The van der Waals surface area contributed by atoms with Crippen LogP contribution in [0.1, 0.15) is 19.8 Å². The average molecular weight is 248 g/mol. The van der Waals surface area contributed by atoms with Gasteiger partial charge in [-0.3, -0.25) is 0 Å². The van der Waals surface area contributed by atoms with Crippen LogP contribution in [0, 0.1) is 0 Å². The summed E-state index contributed by atoms with van der Waals surface area (Å²) in [4.78, 5) is 0. The standard InChI is InChI=1S/C9H17ClF3NO/c1-2-8(6-10)14-4-3-5-15-7-9(11,12)13/h8,14H,2-7H2,1H3. The van der Waals surface area contributed by atoms with E-state index < -0.39 is 12.8 Å². The second-order valence-corrected chi connectivity index (χ2v) is 3.54. The fraction of sp³-hybridized carbons (Fsp3) is 1.00. The van der Waals surface area contributed by atoms with Crippen LogP contribution in [0.5, 0.6) is 0 Å². The van der Waals surface area contributed by atoms with Gasteiger partial charge >= 0.3 is 6.18 Å². The highest BCUT2D eigenvalue weighted by Gasteiger charge is 2.27. The minimum Gasteiger partial charge on any atom is -0.372 e. The van der Waals surface area contributed by atoms with Crippen molar-refractivity contribution in [2.45, 2.75) is 32.0 Å². The summed E-state index contributed by atoms with van der Waals surface area (Å²) in [7, 11) is 0. The minimum atomic E-state index is -4.23. The second kappa shape index (κ2) is 8.19. The van der Waals surface area contributed by atoms with Gasteiger partial charge in [0.2, 0.25) is 0 Å². The summed E-state index contributed by atoms with van der Waals surface area (Å²) in [6.07, 6.45) is -2.76. The highest BCUT2D eigenvalue weighted by molar-refractivity contribution is 6.18. The van der Waals surface area contributed by atoms with Gasteiger partial charge in [0.1, 0.15) is 6.61 Å². The molecular formula is C9H17ClF3NO. The normalized spacial score (nSPS) is 14.2. The van der Waals surface area contributed by atoms with Crippen molar-refractivity contribution >= 4 is 11.6 Å². The van der Waals surface area contributed by atoms with Gasteiger partial charge in [0.15, 0.2) is 0 Å². The number of nitrogens with one attached hydrogen (secondary N) is 1. The van der Waals surface area contributed by atoms with Gasteiger partial charge in [-0.25, -0.2) is 0 Å². The summed E-state index contributed by atoms with van der Waals surface area (Å²) in [6, 6.07) is 0.231. The molecule has 92 valence electrons. The molecule has 2 nitrogen and oxygen atoms in total. The van der Waals surface area contributed by atoms with Gasteiger partial charge in [-0.05, 0) is 19.4 Å². The van der Waals surface area contributed by atoms with Crippen LogP contribution in [-0.4, -0.2) is 37.9 Å². The number of halogens is 4. The van der Waals surface area contributed by atoms with Crippen LogP contribution < -0.4 is 5.32 Å². The topological polar surface area (TPSA) is 21.3 Å². The first kappa shape index (κ1) is 15.0. The SMILES string of the molecule is CCC(CCl)NCCCOCC(F)(F)F. The van der Waals surface area contributed by atoms with Gasteiger partial charge in [-0.1, -0.05) is 6.92 Å². The Kier molecular flexibility index (Phi) is 8.19. The maximum Gasteiger partial charge on any atom is 0.411 e. The van der Waals surface area contributed by atoms with E-state index in [1.54, 1.807) is 0 Å². The number of hydrogen-bond acceptors (Lipinski definition) is 2. The van der Waals surface area contributed by atoms with Crippen molar-refractivity contribution in [3.05, 3.63) is 0 Å². The Morgan fingerprint density at radius 1 is 1.40 bits per heavy atom. The fourth-order valence-corrected chi connectivity index (χ4v) is 1.30. The molecule has 6 heteroatoms. The van der Waals surface area contributed by atoms with E-state index in [1.165, 1.54) is 0 Å². The van der Waals surface area contributed by atoms with Crippen molar-refractivity contribution in [3.63, 3.8) is 0 Å². The molecule has 0 fully saturated rings. The van der Waals surface area contributed by atoms with E-state index in [0.29, 0.717) is 18.8 Å². The average Bonchev–Trinajstić information content (AvgIpc) is 2.15. The highest BCUT2D eigenvalue weighted by Crippen LogP contribution is 2.14. The predicted octanol–water partition coefficient (Wildman–Crippen LogP) is 2.56. The maximum atomic E-state index is 11.6. The molecule has 0 aliphatic rings. The zero-order valence-electron chi connectivity index (χ0n) is 8.74. The van der Waals surface area contributed by atoms with Crippen molar-refractivity contribution in [1.29, 1.82) is 0 Å². The zero-order chi connectivity index (χ0) is 11.7. The molecule has 0 aliphatic heterocycles. The van der Waals surface area contributed by atoms with Crippen LogP contribution in [0.25, 0.3) is 0 Å². The Hall–Kier alpha value is -0.0000000000000000555. The molecule has 1 atom stereocenters.